The van der Waals surface area contributed by atoms with Gasteiger partial charge in [-0.05, 0) is 42.1 Å². The molecule has 3 heteroatoms. The number of hydrogen-bond donors (Lipinski definition) is 0. The van der Waals surface area contributed by atoms with Crippen LogP contribution in [0.3, 0.4) is 0 Å². The van der Waals surface area contributed by atoms with E-state index in [4.69, 9.17) is 11.6 Å². The molecule has 0 spiro atoms. The first-order valence-electron chi connectivity index (χ1n) is 4.54. The van der Waals surface area contributed by atoms with E-state index in [-0.39, 0.29) is 5.78 Å². The number of carbonyl (C=O) groups excluding carboxylic acids is 2. The third-order valence-corrected chi connectivity index (χ3v) is 2.70. The highest BCUT2D eigenvalue weighted by molar-refractivity contribution is 6.67. The fourth-order valence-electron chi connectivity index (χ4n) is 1.77. The van der Waals surface area contributed by atoms with E-state index in [1.807, 2.05) is 0 Å². The Morgan fingerprint density at radius 1 is 1.29 bits per heavy atom. The van der Waals surface area contributed by atoms with Crippen LogP contribution in [0.4, 0.5) is 0 Å². The van der Waals surface area contributed by atoms with Gasteiger partial charge in [-0.2, -0.15) is 0 Å². The van der Waals surface area contributed by atoms with Crippen molar-refractivity contribution in [2.24, 2.45) is 0 Å². The first kappa shape index (κ1) is 9.41. The summed E-state index contributed by atoms with van der Waals surface area (Å²) in [5.74, 6) is 0.167. The maximum Gasteiger partial charge on any atom is 0.252 e. The molecule has 0 amide bonds. The van der Waals surface area contributed by atoms with Gasteiger partial charge in [0.25, 0.3) is 5.24 Å². The van der Waals surface area contributed by atoms with E-state index in [0.717, 1.165) is 24.0 Å². The number of Topliss-reactive ketones (excluding diaryl/α,β-unsaturated/α-hetero) is 1. The van der Waals surface area contributed by atoms with Crippen molar-refractivity contribution in [3.63, 3.8) is 0 Å². The molecule has 1 aliphatic rings. The summed E-state index contributed by atoms with van der Waals surface area (Å²) in [6.07, 6.45) is 2.34. The molecule has 0 saturated carbocycles. The van der Waals surface area contributed by atoms with E-state index < -0.39 is 5.24 Å². The van der Waals surface area contributed by atoms with E-state index in [2.05, 4.69) is 0 Å². The topological polar surface area (TPSA) is 34.1 Å². The molecule has 1 aliphatic carbocycles. The lowest BCUT2D eigenvalue weighted by Crippen LogP contribution is -2.11. The second kappa shape index (κ2) is 3.54. The molecule has 1 aromatic rings. The van der Waals surface area contributed by atoms with Crippen molar-refractivity contribution in [1.82, 2.24) is 0 Å². The predicted octanol–water partition coefficient (Wildman–Crippen LogP) is 2.58. The Labute approximate surface area is 86.9 Å². The van der Waals surface area contributed by atoms with E-state index in [9.17, 15) is 9.59 Å². The van der Waals surface area contributed by atoms with Crippen LogP contribution in [0, 0.1) is 0 Å². The molecule has 1 aromatic carbocycles. The fraction of sp³-hybridized carbons (Fsp3) is 0.273. The minimum Gasteiger partial charge on any atom is -0.294 e. The molecule has 0 saturated heterocycles. The van der Waals surface area contributed by atoms with Gasteiger partial charge in [-0.15, -0.1) is 0 Å². The fourth-order valence-corrected chi connectivity index (χ4v) is 1.89. The lowest BCUT2D eigenvalue weighted by molar-refractivity contribution is 0.0971. The minimum atomic E-state index is -0.467. The van der Waals surface area contributed by atoms with Gasteiger partial charge in [-0.25, -0.2) is 0 Å². The van der Waals surface area contributed by atoms with Crippen LogP contribution in [-0.2, 0) is 6.42 Å². The number of aryl methyl sites for hydroxylation is 1. The second-order valence-electron chi connectivity index (χ2n) is 3.42. The summed E-state index contributed by atoms with van der Waals surface area (Å²) in [5, 5.41) is -0.467. The van der Waals surface area contributed by atoms with Crippen molar-refractivity contribution in [3.8, 4) is 0 Å². The molecular formula is C11H9ClO2. The Balaban J connectivity index is 2.49. The summed E-state index contributed by atoms with van der Waals surface area (Å²) >= 11 is 5.36. The van der Waals surface area contributed by atoms with E-state index >= 15 is 0 Å². The zero-order valence-electron chi connectivity index (χ0n) is 7.55. The third kappa shape index (κ3) is 1.58. The summed E-state index contributed by atoms with van der Waals surface area (Å²) in [6, 6.07) is 5.03. The predicted molar refractivity (Wildman–Crippen MR) is 53.9 cm³/mol. The zero-order valence-corrected chi connectivity index (χ0v) is 8.30. The SMILES string of the molecule is O=C(Cl)c1ccc2c(c1)CCCC2=O. The molecule has 0 unspecified atom stereocenters. The summed E-state index contributed by atoms with van der Waals surface area (Å²) < 4.78 is 0. The smallest absolute Gasteiger partial charge is 0.252 e. The monoisotopic (exact) mass is 208 g/mol. The van der Waals surface area contributed by atoms with Crippen LogP contribution in [0.2, 0.25) is 0 Å². The number of halogens is 1. The van der Waals surface area contributed by atoms with Crippen LogP contribution in [0.25, 0.3) is 0 Å². The molecule has 0 aliphatic heterocycles. The molecule has 72 valence electrons. The molecule has 2 rings (SSSR count). The Morgan fingerprint density at radius 2 is 2.07 bits per heavy atom. The summed E-state index contributed by atoms with van der Waals surface area (Å²) in [5.41, 5.74) is 2.17. The molecular weight excluding hydrogens is 200 g/mol. The number of rotatable bonds is 1. The Kier molecular flexibility index (Phi) is 2.38. The van der Waals surface area contributed by atoms with Gasteiger partial charge < -0.3 is 0 Å². The molecule has 0 bridgehead atoms. The lowest BCUT2D eigenvalue weighted by Gasteiger charge is -2.14. The van der Waals surface area contributed by atoms with Crippen LogP contribution in [0.5, 0.6) is 0 Å². The molecule has 0 aromatic heterocycles. The molecule has 0 atom stereocenters. The maximum absolute atomic E-state index is 11.4. The van der Waals surface area contributed by atoms with Gasteiger partial charge in [-0.3, -0.25) is 9.59 Å². The highest BCUT2D eigenvalue weighted by Gasteiger charge is 2.17. The van der Waals surface area contributed by atoms with E-state index in [1.165, 1.54) is 0 Å². The third-order valence-electron chi connectivity index (χ3n) is 2.48. The Morgan fingerprint density at radius 3 is 2.79 bits per heavy atom. The summed E-state index contributed by atoms with van der Waals surface area (Å²) in [4.78, 5) is 22.3. The van der Waals surface area contributed by atoms with Crippen LogP contribution in [0.15, 0.2) is 18.2 Å². The number of ketones is 1. The highest BCUT2D eigenvalue weighted by Crippen LogP contribution is 2.22. The summed E-state index contributed by atoms with van der Waals surface area (Å²) in [6.45, 7) is 0. The first-order chi connectivity index (χ1) is 6.68. The van der Waals surface area contributed by atoms with Crippen molar-refractivity contribution in [3.05, 3.63) is 34.9 Å². The molecule has 0 heterocycles. The van der Waals surface area contributed by atoms with E-state index in [0.29, 0.717) is 12.0 Å². The van der Waals surface area contributed by atoms with Crippen molar-refractivity contribution in [1.29, 1.82) is 0 Å². The second-order valence-corrected chi connectivity index (χ2v) is 3.77. The van der Waals surface area contributed by atoms with Crippen molar-refractivity contribution in [2.45, 2.75) is 19.3 Å². The Hall–Kier alpha value is -1.15. The van der Waals surface area contributed by atoms with Gasteiger partial charge in [0.15, 0.2) is 5.78 Å². The number of hydrogen-bond acceptors (Lipinski definition) is 2. The zero-order chi connectivity index (χ0) is 10.1. The van der Waals surface area contributed by atoms with Crippen molar-refractivity contribution in [2.75, 3.05) is 0 Å². The average Bonchev–Trinajstić information content (AvgIpc) is 2.17. The van der Waals surface area contributed by atoms with E-state index in [1.54, 1.807) is 18.2 Å². The largest absolute Gasteiger partial charge is 0.294 e. The molecule has 0 N–H and O–H groups in total. The minimum absolute atomic E-state index is 0.167. The standard InChI is InChI=1S/C11H9ClO2/c12-11(14)8-4-5-9-7(6-8)2-1-3-10(9)13/h4-6H,1-3H2. The molecule has 0 fully saturated rings. The average molecular weight is 209 g/mol. The first-order valence-corrected chi connectivity index (χ1v) is 4.92. The number of carbonyl (C=O) groups is 2. The summed E-state index contributed by atoms with van der Waals surface area (Å²) in [7, 11) is 0. The maximum atomic E-state index is 11.4. The van der Waals surface area contributed by atoms with Gasteiger partial charge >= 0.3 is 0 Å². The van der Waals surface area contributed by atoms with Crippen LogP contribution < -0.4 is 0 Å². The van der Waals surface area contributed by atoms with Crippen LogP contribution in [-0.4, -0.2) is 11.0 Å². The van der Waals surface area contributed by atoms with Gasteiger partial charge in [0.2, 0.25) is 0 Å². The van der Waals surface area contributed by atoms with Gasteiger partial charge in [0.05, 0.1) is 0 Å². The van der Waals surface area contributed by atoms with Crippen molar-refractivity contribution >= 4 is 22.6 Å². The van der Waals surface area contributed by atoms with Crippen LogP contribution in [0.1, 0.15) is 39.1 Å². The quantitative estimate of drug-likeness (QED) is 0.665. The van der Waals surface area contributed by atoms with Gasteiger partial charge in [0, 0.05) is 17.5 Å². The molecule has 14 heavy (non-hydrogen) atoms. The normalized spacial score (nSPS) is 15.1. The van der Waals surface area contributed by atoms with Gasteiger partial charge in [0.1, 0.15) is 0 Å². The molecule has 2 nitrogen and oxygen atoms in total. The Bertz CT molecular complexity index is 410. The number of fused-ring (bicyclic) bond motifs is 1. The number of benzene rings is 1. The van der Waals surface area contributed by atoms with Crippen LogP contribution >= 0.6 is 11.6 Å². The highest BCUT2D eigenvalue weighted by atomic mass is 35.5. The molecule has 0 radical (unpaired) electrons. The lowest BCUT2D eigenvalue weighted by atomic mass is 9.89. The van der Waals surface area contributed by atoms with Gasteiger partial charge in [-0.1, -0.05) is 6.07 Å². The van der Waals surface area contributed by atoms with Crippen molar-refractivity contribution < 1.29 is 9.59 Å².